The van der Waals surface area contributed by atoms with Crippen LogP contribution in [-0.4, -0.2) is 25.8 Å². The van der Waals surface area contributed by atoms with Crippen LogP contribution in [-0.2, 0) is 11.2 Å². The van der Waals surface area contributed by atoms with Gasteiger partial charge in [0.15, 0.2) is 0 Å². The second-order valence-corrected chi connectivity index (χ2v) is 5.28. The fraction of sp³-hybridized carbons (Fsp3) is 0.571. The third-order valence-corrected chi connectivity index (χ3v) is 3.21. The molecular formula is C14H22ClNO. The lowest BCUT2D eigenvalue weighted by Crippen LogP contribution is -2.29. The molecule has 0 atom stereocenters. The number of methoxy groups -OCH3 is 1. The molecule has 96 valence electrons. The fourth-order valence-electron chi connectivity index (χ4n) is 1.50. The lowest BCUT2D eigenvalue weighted by molar-refractivity contribution is 0.0159. The Balaban J connectivity index is 2.14. The first kappa shape index (κ1) is 14.5. The molecule has 2 nitrogen and oxygen atoms in total. The Morgan fingerprint density at radius 3 is 2.41 bits per heavy atom. The normalized spacial score (nSPS) is 11.8. The molecule has 0 bridgehead atoms. The molecule has 1 N–H and O–H groups in total. The zero-order chi connectivity index (χ0) is 12.7. The van der Waals surface area contributed by atoms with Crippen LogP contribution in [0.1, 0.15) is 25.8 Å². The Morgan fingerprint density at radius 1 is 1.18 bits per heavy atom. The molecule has 0 saturated carbocycles. The second kappa shape index (κ2) is 7.00. The molecule has 17 heavy (non-hydrogen) atoms. The summed E-state index contributed by atoms with van der Waals surface area (Å²) in [5.41, 5.74) is 1.28. The van der Waals surface area contributed by atoms with E-state index in [9.17, 15) is 0 Å². The van der Waals surface area contributed by atoms with Gasteiger partial charge in [-0.05, 0) is 57.5 Å². The van der Waals surface area contributed by atoms with Crippen LogP contribution in [0.5, 0.6) is 0 Å². The van der Waals surface area contributed by atoms with Crippen molar-refractivity contribution >= 4 is 11.6 Å². The van der Waals surface area contributed by atoms with Crippen molar-refractivity contribution in [3.05, 3.63) is 34.9 Å². The van der Waals surface area contributed by atoms with Crippen LogP contribution in [0.25, 0.3) is 0 Å². The highest BCUT2D eigenvalue weighted by atomic mass is 35.5. The first-order chi connectivity index (χ1) is 8.03. The van der Waals surface area contributed by atoms with Crippen molar-refractivity contribution < 1.29 is 4.74 Å². The zero-order valence-electron chi connectivity index (χ0n) is 10.9. The van der Waals surface area contributed by atoms with Crippen molar-refractivity contribution in [3.8, 4) is 0 Å². The first-order valence-corrected chi connectivity index (χ1v) is 6.41. The average molecular weight is 256 g/mol. The Kier molecular flexibility index (Phi) is 5.96. The summed E-state index contributed by atoms with van der Waals surface area (Å²) in [5, 5.41) is 4.22. The summed E-state index contributed by atoms with van der Waals surface area (Å²) in [6.45, 7) is 6.18. The predicted molar refractivity (Wildman–Crippen MR) is 73.7 cm³/mol. The van der Waals surface area contributed by atoms with Crippen LogP contribution < -0.4 is 5.32 Å². The van der Waals surface area contributed by atoms with Crippen molar-refractivity contribution in [3.63, 3.8) is 0 Å². The Morgan fingerprint density at radius 2 is 1.82 bits per heavy atom. The van der Waals surface area contributed by atoms with Crippen LogP contribution in [0, 0.1) is 0 Å². The standard InChI is InChI=1S/C14H22ClNO/c1-14(2,17-3)9-11-16-10-8-12-4-6-13(15)7-5-12/h4-7,16H,8-11H2,1-3H3. The molecule has 0 aromatic heterocycles. The molecule has 3 heteroatoms. The molecule has 0 saturated heterocycles. The SMILES string of the molecule is COC(C)(C)CCNCCc1ccc(Cl)cc1. The van der Waals surface area contributed by atoms with Gasteiger partial charge in [-0.15, -0.1) is 0 Å². The van der Waals surface area contributed by atoms with E-state index in [1.807, 2.05) is 12.1 Å². The summed E-state index contributed by atoms with van der Waals surface area (Å²) < 4.78 is 5.36. The minimum Gasteiger partial charge on any atom is -0.379 e. The molecule has 0 radical (unpaired) electrons. The molecule has 0 aliphatic rings. The summed E-state index contributed by atoms with van der Waals surface area (Å²) in [5.74, 6) is 0. The number of halogens is 1. The third-order valence-electron chi connectivity index (χ3n) is 2.96. The van der Waals surface area contributed by atoms with Gasteiger partial charge in [0.05, 0.1) is 5.60 Å². The van der Waals surface area contributed by atoms with E-state index in [-0.39, 0.29) is 5.60 Å². The van der Waals surface area contributed by atoms with E-state index < -0.39 is 0 Å². The molecule has 1 aromatic carbocycles. The van der Waals surface area contributed by atoms with Gasteiger partial charge < -0.3 is 10.1 Å². The highest BCUT2D eigenvalue weighted by molar-refractivity contribution is 6.30. The van der Waals surface area contributed by atoms with Gasteiger partial charge in [0.25, 0.3) is 0 Å². The van der Waals surface area contributed by atoms with E-state index in [4.69, 9.17) is 16.3 Å². The zero-order valence-corrected chi connectivity index (χ0v) is 11.7. The van der Waals surface area contributed by atoms with Crippen molar-refractivity contribution in [2.75, 3.05) is 20.2 Å². The Bertz CT molecular complexity index is 321. The van der Waals surface area contributed by atoms with E-state index in [1.54, 1.807) is 7.11 Å². The van der Waals surface area contributed by atoms with Crippen LogP contribution in [0.4, 0.5) is 0 Å². The van der Waals surface area contributed by atoms with Crippen LogP contribution in [0.3, 0.4) is 0 Å². The molecule has 0 spiro atoms. The van der Waals surface area contributed by atoms with Crippen LogP contribution >= 0.6 is 11.6 Å². The van der Waals surface area contributed by atoms with Gasteiger partial charge in [0.1, 0.15) is 0 Å². The third kappa shape index (κ3) is 6.06. The van der Waals surface area contributed by atoms with Crippen molar-refractivity contribution in [1.29, 1.82) is 0 Å². The molecule has 0 fully saturated rings. The van der Waals surface area contributed by atoms with Gasteiger partial charge in [-0.25, -0.2) is 0 Å². The van der Waals surface area contributed by atoms with Gasteiger partial charge in [-0.3, -0.25) is 0 Å². The average Bonchev–Trinajstić information content (AvgIpc) is 2.31. The number of nitrogens with one attached hydrogen (secondary N) is 1. The van der Waals surface area contributed by atoms with E-state index in [2.05, 4.69) is 31.3 Å². The summed E-state index contributed by atoms with van der Waals surface area (Å²) in [6, 6.07) is 8.02. The van der Waals surface area contributed by atoms with Crippen LogP contribution in [0.2, 0.25) is 5.02 Å². The molecule has 0 aliphatic carbocycles. The first-order valence-electron chi connectivity index (χ1n) is 6.04. The molecule has 0 aliphatic heterocycles. The van der Waals surface area contributed by atoms with Crippen molar-refractivity contribution in [1.82, 2.24) is 5.32 Å². The second-order valence-electron chi connectivity index (χ2n) is 4.84. The molecule has 0 amide bonds. The number of benzene rings is 1. The monoisotopic (exact) mass is 255 g/mol. The minimum atomic E-state index is -0.0345. The quantitative estimate of drug-likeness (QED) is 0.755. The molecule has 1 aromatic rings. The Hall–Kier alpha value is -0.570. The largest absolute Gasteiger partial charge is 0.379 e. The van der Waals surface area contributed by atoms with Crippen molar-refractivity contribution in [2.24, 2.45) is 0 Å². The van der Waals surface area contributed by atoms with E-state index in [1.165, 1.54) is 5.56 Å². The van der Waals surface area contributed by atoms with E-state index >= 15 is 0 Å². The van der Waals surface area contributed by atoms with Gasteiger partial charge in [0, 0.05) is 12.1 Å². The number of ether oxygens (including phenoxy) is 1. The predicted octanol–water partition coefficient (Wildman–Crippen LogP) is 3.29. The molecule has 0 unspecified atom stereocenters. The van der Waals surface area contributed by atoms with Gasteiger partial charge in [-0.1, -0.05) is 23.7 Å². The highest BCUT2D eigenvalue weighted by Gasteiger charge is 2.14. The van der Waals surface area contributed by atoms with E-state index in [0.717, 1.165) is 31.0 Å². The fourth-order valence-corrected chi connectivity index (χ4v) is 1.63. The smallest absolute Gasteiger partial charge is 0.0634 e. The van der Waals surface area contributed by atoms with Gasteiger partial charge in [-0.2, -0.15) is 0 Å². The summed E-state index contributed by atoms with van der Waals surface area (Å²) in [6.07, 6.45) is 2.05. The minimum absolute atomic E-state index is 0.0345. The van der Waals surface area contributed by atoms with Crippen molar-refractivity contribution in [2.45, 2.75) is 32.3 Å². The summed E-state index contributed by atoms with van der Waals surface area (Å²) in [7, 11) is 1.76. The number of hydrogen-bond acceptors (Lipinski definition) is 2. The summed E-state index contributed by atoms with van der Waals surface area (Å²) in [4.78, 5) is 0. The maximum absolute atomic E-state index is 5.83. The molecule has 0 heterocycles. The lowest BCUT2D eigenvalue weighted by atomic mass is 10.1. The topological polar surface area (TPSA) is 21.3 Å². The van der Waals surface area contributed by atoms with E-state index in [0.29, 0.717) is 0 Å². The number of rotatable bonds is 7. The van der Waals surface area contributed by atoms with Gasteiger partial charge >= 0.3 is 0 Å². The molecule has 1 rings (SSSR count). The van der Waals surface area contributed by atoms with Gasteiger partial charge in [0.2, 0.25) is 0 Å². The Labute approximate surface area is 109 Å². The van der Waals surface area contributed by atoms with Crippen LogP contribution in [0.15, 0.2) is 24.3 Å². The maximum Gasteiger partial charge on any atom is 0.0634 e. The highest BCUT2D eigenvalue weighted by Crippen LogP contribution is 2.11. The number of hydrogen-bond donors (Lipinski definition) is 1. The lowest BCUT2D eigenvalue weighted by Gasteiger charge is -2.22. The summed E-state index contributed by atoms with van der Waals surface area (Å²) >= 11 is 5.83. The molecular weight excluding hydrogens is 234 g/mol. The maximum atomic E-state index is 5.83.